The average Bonchev–Trinajstić information content (AvgIpc) is 3.38. The quantitative estimate of drug-likeness (QED) is 0.470. The number of urea groups is 1. The number of nitrogens with one attached hydrogen (secondary N) is 1. The fourth-order valence-electron chi connectivity index (χ4n) is 3.39. The molecule has 1 saturated heterocycles. The number of rotatable bonds is 4. The number of benzene rings is 2. The molecule has 29 heavy (non-hydrogen) atoms. The molecule has 2 aromatic carbocycles. The first kappa shape index (κ1) is 19.0. The molecule has 3 aromatic rings. The van der Waals surface area contributed by atoms with E-state index >= 15 is 0 Å². The number of hydrogen-bond donors (Lipinski definition) is 1. The molecule has 1 aliphatic heterocycles. The number of halogens is 1. The Bertz CT molecular complexity index is 1050. The standard InChI is InChI=1S/C20H17FN4O3S/c21-14-9-7-13(8-10-14)16-12-29-19(22-16)18-6-3-11-24(18)20(26)23-15-4-1-2-5-17(15)25(27)28/h1-2,4-5,7-10,12,18H,3,6,11H2,(H,23,26)/t18-/m0/s1. The zero-order valence-corrected chi connectivity index (χ0v) is 16.1. The Kier molecular flexibility index (Phi) is 5.22. The Morgan fingerprint density at radius 2 is 2.00 bits per heavy atom. The molecule has 1 aliphatic rings. The van der Waals surface area contributed by atoms with Crippen LogP contribution in [0.4, 0.5) is 20.6 Å². The number of carbonyl (C=O) groups excluding carboxylic acids is 1. The topological polar surface area (TPSA) is 88.4 Å². The van der Waals surface area contributed by atoms with E-state index in [1.165, 1.54) is 35.6 Å². The van der Waals surface area contributed by atoms with E-state index in [2.05, 4.69) is 10.3 Å². The smallest absolute Gasteiger partial charge is 0.315 e. The Morgan fingerprint density at radius 3 is 2.76 bits per heavy atom. The van der Waals surface area contributed by atoms with Crippen LogP contribution in [0.2, 0.25) is 0 Å². The summed E-state index contributed by atoms with van der Waals surface area (Å²) < 4.78 is 13.1. The zero-order chi connectivity index (χ0) is 20.4. The molecule has 1 N–H and O–H groups in total. The summed E-state index contributed by atoms with van der Waals surface area (Å²) in [5.41, 5.74) is 1.56. The molecular weight excluding hydrogens is 395 g/mol. The van der Waals surface area contributed by atoms with Gasteiger partial charge in [0.25, 0.3) is 5.69 Å². The second-order valence-corrected chi connectivity index (χ2v) is 7.52. The van der Waals surface area contributed by atoms with Gasteiger partial charge in [-0.3, -0.25) is 10.1 Å². The second kappa shape index (κ2) is 7.96. The molecule has 0 unspecified atom stereocenters. The summed E-state index contributed by atoms with van der Waals surface area (Å²) in [7, 11) is 0. The van der Waals surface area contributed by atoms with Crippen LogP contribution in [-0.2, 0) is 0 Å². The third-order valence-electron chi connectivity index (χ3n) is 4.80. The summed E-state index contributed by atoms with van der Waals surface area (Å²) in [6.45, 7) is 0.544. The molecule has 0 bridgehead atoms. The number of likely N-dealkylation sites (tertiary alicyclic amines) is 1. The number of para-hydroxylation sites is 2. The van der Waals surface area contributed by atoms with Crippen molar-refractivity contribution in [1.82, 2.24) is 9.88 Å². The zero-order valence-electron chi connectivity index (χ0n) is 15.2. The van der Waals surface area contributed by atoms with Gasteiger partial charge in [0.1, 0.15) is 16.5 Å². The van der Waals surface area contributed by atoms with E-state index < -0.39 is 4.92 Å². The number of aromatic nitrogens is 1. The van der Waals surface area contributed by atoms with Crippen molar-refractivity contribution in [3.8, 4) is 11.3 Å². The molecule has 1 aromatic heterocycles. The van der Waals surface area contributed by atoms with Crippen molar-refractivity contribution in [2.45, 2.75) is 18.9 Å². The Hall–Kier alpha value is -3.33. The van der Waals surface area contributed by atoms with Crippen LogP contribution in [0.25, 0.3) is 11.3 Å². The lowest BCUT2D eigenvalue weighted by molar-refractivity contribution is -0.383. The monoisotopic (exact) mass is 412 g/mol. The summed E-state index contributed by atoms with van der Waals surface area (Å²) in [4.78, 5) is 29.8. The highest BCUT2D eigenvalue weighted by molar-refractivity contribution is 7.10. The van der Waals surface area contributed by atoms with Crippen LogP contribution in [0.5, 0.6) is 0 Å². The minimum absolute atomic E-state index is 0.149. The van der Waals surface area contributed by atoms with E-state index in [-0.39, 0.29) is 29.3 Å². The molecule has 0 spiro atoms. The molecule has 2 amide bonds. The molecular formula is C20H17FN4O3S. The van der Waals surface area contributed by atoms with Crippen LogP contribution in [0.1, 0.15) is 23.9 Å². The Balaban J connectivity index is 1.53. The molecule has 0 radical (unpaired) electrons. The molecule has 4 rings (SSSR count). The van der Waals surface area contributed by atoms with Gasteiger partial charge in [0.05, 0.1) is 16.7 Å². The van der Waals surface area contributed by atoms with Gasteiger partial charge in [-0.05, 0) is 43.2 Å². The predicted octanol–water partition coefficient (Wildman–Crippen LogP) is 5.23. The fourth-order valence-corrected chi connectivity index (χ4v) is 4.36. The maximum atomic E-state index is 13.1. The van der Waals surface area contributed by atoms with Crippen LogP contribution in [0, 0.1) is 15.9 Å². The Labute approximate surface area is 170 Å². The van der Waals surface area contributed by atoms with E-state index in [1.807, 2.05) is 5.38 Å². The van der Waals surface area contributed by atoms with Crippen LogP contribution in [0.3, 0.4) is 0 Å². The number of carbonyl (C=O) groups is 1. The fraction of sp³-hybridized carbons (Fsp3) is 0.200. The molecule has 9 heteroatoms. The van der Waals surface area contributed by atoms with Crippen LogP contribution < -0.4 is 5.32 Å². The number of anilines is 1. The second-order valence-electron chi connectivity index (χ2n) is 6.63. The molecule has 1 atom stereocenters. The summed E-state index contributed by atoms with van der Waals surface area (Å²) in [5, 5.41) is 16.5. The van der Waals surface area contributed by atoms with Crippen molar-refractivity contribution in [1.29, 1.82) is 0 Å². The first-order valence-corrected chi connectivity index (χ1v) is 9.93. The van der Waals surface area contributed by atoms with Gasteiger partial charge in [-0.2, -0.15) is 0 Å². The summed E-state index contributed by atoms with van der Waals surface area (Å²) >= 11 is 1.45. The van der Waals surface area contributed by atoms with Gasteiger partial charge < -0.3 is 10.2 Å². The molecule has 1 fully saturated rings. The number of nitro benzene ring substituents is 1. The van der Waals surface area contributed by atoms with Gasteiger partial charge in [-0.15, -0.1) is 11.3 Å². The van der Waals surface area contributed by atoms with Crippen molar-refractivity contribution in [3.63, 3.8) is 0 Å². The van der Waals surface area contributed by atoms with E-state index in [0.29, 0.717) is 6.54 Å². The van der Waals surface area contributed by atoms with Crippen molar-refractivity contribution in [3.05, 3.63) is 74.9 Å². The number of nitrogens with zero attached hydrogens (tertiary/aromatic N) is 3. The summed E-state index contributed by atoms with van der Waals surface area (Å²) in [5.74, 6) is -0.308. The van der Waals surface area contributed by atoms with Gasteiger partial charge in [-0.25, -0.2) is 14.2 Å². The van der Waals surface area contributed by atoms with Gasteiger partial charge >= 0.3 is 6.03 Å². The van der Waals surface area contributed by atoms with Crippen molar-refractivity contribution < 1.29 is 14.1 Å². The van der Waals surface area contributed by atoms with E-state index in [0.717, 1.165) is 29.1 Å². The lowest BCUT2D eigenvalue weighted by Gasteiger charge is -2.23. The maximum absolute atomic E-state index is 13.1. The molecule has 0 aliphatic carbocycles. The highest BCUT2D eigenvalue weighted by Gasteiger charge is 2.33. The van der Waals surface area contributed by atoms with Gasteiger partial charge in [0.2, 0.25) is 0 Å². The summed E-state index contributed by atoms with van der Waals surface area (Å²) in [6.07, 6.45) is 1.58. The van der Waals surface area contributed by atoms with E-state index in [9.17, 15) is 19.3 Å². The minimum Gasteiger partial charge on any atom is -0.315 e. The maximum Gasteiger partial charge on any atom is 0.322 e. The largest absolute Gasteiger partial charge is 0.322 e. The number of hydrogen-bond acceptors (Lipinski definition) is 5. The van der Waals surface area contributed by atoms with Gasteiger partial charge in [-0.1, -0.05) is 12.1 Å². The van der Waals surface area contributed by atoms with Crippen LogP contribution in [0.15, 0.2) is 53.9 Å². The van der Waals surface area contributed by atoms with Crippen LogP contribution >= 0.6 is 11.3 Å². The Morgan fingerprint density at radius 1 is 1.24 bits per heavy atom. The lowest BCUT2D eigenvalue weighted by atomic mass is 10.2. The van der Waals surface area contributed by atoms with Gasteiger partial charge in [0.15, 0.2) is 0 Å². The highest BCUT2D eigenvalue weighted by Crippen LogP contribution is 2.36. The molecule has 0 saturated carbocycles. The minimum atomic E-state index is -0.521. The normalized spacial score (nSPS) is 16.0. The first-order valence-electron chi connectivity index (χ1n) is 9.05. The third-order valence-corrected chi connectivity index (χ3v) is 5.75. The predicted molar refractivity (Wildman–Crippen MR) is 108 cm³/mol. The van der Waals surface area contributed by atoms with Crippen molar-refractivity contribution in [2.75, 3.05) is 11.9 Å². The first-order chi connectivity index (χ1) is 14.0. The highest BCUT2D eigenvalue weighted by atomic mass is 32.1. The molecule has 2 heterocycles. The lowest BCUT2D eigenvalue weighted by Crippen LogP contribution is -2.34. The van der Waals surface area contributed by atoms with Crippen molar-refractivity contribution >= 4 is 28.7 Å². The molecule has 7 nitrogen and oxygen atoms in total. The number of amides is 2. The molecule has 148 valence electrons. The number of nitro groups is 1. The number of thiazole rings is 1. The SMILES string of the molecule is O=C(Nc1ccccc1[N+](=O)[O-])N1CCC[C@H]1c1nc(-c2ccc(F)cc2)cs1. The van der Waals surface area contributed by atoms with Crippen molar-refractivity contribution in [2.24, 2.45) is 0 Å². The third kappa shape index (κ3) is 3.95. The van der Waals surface area contributed by atoms with E-state index in [4.69, 9.17) is 0 Å². The van der Waals surface area contributed by atoms with Crippen LogP contribution in [-0.4, -0.2) is 27.4 Å². The summed E-state index contributed by atoms with van der Waals surface area (Å²) in [6, 6.07) is 11.6. The average molecular weight is 412 g/mol. The van der Waals surface area contributed by atoms with Gasteiger partial charge in [0, 0.05) is 23.6 Å². The van der Waals surface area contributed by atoms with E-state index in [1.54, 1.807) is 29.2 Å².